The third-order valence-electron chi connectivity index (χ3n) is 2.20. The lowest BCUT2D eigenvalue weighted by molar-refractivity contribution is -0.144. The zero-order valence-electron chi connectivity index (χ0n) is 10.8. The highest BCUT2D eigenvalue weighted by atomic mass is 32.2. The highest BCUT2D eigenvalue weighted by Crippen LogP contribution is 2.08. The Hall–Kier alpha value is -0.220. The van der Waals surface area contributed by atoms with Crippen LogP contribution in [0.1, 0.15) is 40.0 Å². The van der Waals surface area contributed by atoms with Gasteiger partial charge in [-0.3, -0.25) is 4.79 Å². The van der Waals surface area contributed by atoms with E-state index in [1.807, 2.05) is 25.6 Å². The molecule has 0 rings (SSSR count). The van der Waals surface area contributed by atoms with E-state index in [1.54, 1.807) is 0 Å². The first-order valence-corrected chi connectivity index (χ1v) is 7.39. The molecule has 0 heterocycles. The molecule has 0 aromatic heterocycles. The number of nitrogens with one attached hydrogen (secondary N) is 1. The van der Waals surface area contributed by atoms with Crippen LogP contribution in [0.3, 0.4) is 0 Å². The maximum absolute atomic E-state index is 11.6. The molecular weight excluding hydrogens is 222 g/mol. The van der Waals surface area contributed by atoms with Crippen LogP contribution in [0.5, 0.6) is 0 Å². The zero-order valence-corrected chi connectivity index (χ0v) is 11.6. The average molecular weight is 247 g/mol. The predicted molar refractivity (Wildman–Crippen MR) is 70.9 cm³/mol. The number of carbonyl (C=O) groups is 1. The van der Waals surface area contributed by atoms with E-state index in [0.717, 1.165) is 18.1 Å². The van der Waals surface area contributed by atoms with Gasteiger partial charge in [-0.25, -0.2) is 0 Å². The van der Waals surface area contributed by atoms with Crippen LogP contribution in [0.2, 0.25) is 0 Å². The van der Waals surface area contributed by atoms with Gasteiger partial charge in [-0.05, 0) is 25.6 Å². The van der Waals surface area contributed by atoms with E-state index in [4.69, 9.17) is 4.74 Å². The van der Waals surface area contributed by atoms with Crippen molar-refractivity contribution < 1.29 is 9.53 Å². The lowest BCUT2D eigenvalue weighted by Gasteiger charge is -2.15. The molecule has 0 amide bonds. The van der Waals surface area contributed by atoms with Crippen LogP contribution in [-0.4, -0.2) is 36.7 Å². The summed E-state index contributed by atoms with van der Waals surface area (Å²) in [5, 5.41) is 3.16. The minimum absolute atomic E-state index is 0.118. The van der Waals surface area contributed by atoms with Crippen LogP contribution in [0.25, 0.3) is 0 Å². The number of esters is 1. The smallest absolute Gasteiger partial charge is 0.323 e. The van der Waals surface area contributed by atoms with Gasteiger partial charge < -0.3 is 10.1 Å². The molecule has 0 fully saturated rings. The molecule has 1 atom stereocenters. The summed E-state index contributed by atoms with van der Waals surface area (Å²) in [5.41, 5.74) is 0. The number of hydrogen-bond donors (Lipinski definition) is 1. The van der Waals surface area contributed by atoms with E-state index in [2.05, 4.69) is 12.2 Å². The van der Waals surface area contributed by atoms with E-state index in [0.29, 0.717) is 6.61 Å². The van der Waals surface area contributed by atoms with E-state index in [9.17, 15) is 4.79 Å². The van der Waals surface area contributed by atoms with Crippen LogP contribution in [0.4, 0.5) is 0 Å². The summed E-state index contributed by atoms with van der Waals surface area (Å²) in [6.45, 7) is 7.31. The monoisotopic (exact) mass is 247 g/mol. The molecule has 0 radical (unpaired) electrons. The number of rotatable bonds is 10. The molecule has 0 aromatic rings. The van der Waals surface area contributed by atoms with Gasteiger partial charge in [0.15, 0.2) is 0 Å². The molecular formula is C12H25NO2S. The average Bonchev–Trinajstić information content (AvgIpc) is 2.27. The van der Waals surface area contributed by atoms with Gasteiger partial charge in [-0.2, -0.15) is 11.8 Å². The minimum atomic E-state index is -0.142. The Kier molecular flexibility index (Phi) is 11.1. The number of unbranched alkanes of at least 4 members (excludes halogenated alkanes) is 2. The van der Waals surface area contributed by atoms with Crippen LogP contribution in [0.15, 0.2) is 0 Å². The molecule has 0 aliphatic heterocycles. The fourth-order valence-corrected chi connectivity index (χ4v) is 2.42. The summed E-state index contributed by atoms with van der Waals surface area (Å²) < 4.78 is 5.02. The van der Waals surface area contributed by atoms with E-state index < -0.39 is 0 Å². The molecule has 4 heteroatoms. The third-order valence-corrected chi connectivity index (χ3v) is 3.34. The number of hydrogen-bond acceptors (Lipinski definition) is 4. The van der Waals surface area contributed by atoms with Crippen molar-refractivity contribution in [2.45, 2.75) is 46.1 Å². The van der Waals surface area contributed by atoms with Crippen molar-refractivity contribution in [3.63, 3.8) is 0 Å². The molecule has 1 N–H and O–H groups in total. The first kappa shape index (κ1) is 15.8. The molecule has 1 unspecified atom stereocenters. The number of ether oxygens (including phenoxy) is 1. The van der Waals surface area contributed by atoms with Gasteiger partial charge in [0.2, 0.25) is 0 Å². The highest BCUT2D eigenvalue weighted by Gasteiger charge is 2.17. The van der Waals surface area contributed by atoms with Crippen molar-refractivity contribution in [3.05, 3.63) is 0 Å². The quantitative estimate of drug-likeness (QED) is 0.475. The maximum atomic E-state index is 11.6. The maximum Gasteiger partial charge on any atom is 0.323 e. The summed E-state index contributed by atoms with van der Waals surface area (Å²) in [7, 11) is 0. The van der Waals surface area contributed by atoms with Crippen molar-refractivity contribution in [3.8, 4) is 0 Å². The summed E-state index contributed by atoms with van der Waals surface area (Å²) in [6.07, 6.45) is 3.76. The summed E-state index contributed by atoms with van der Waals surface area (Å²) in [4.78, 5) is 11.6. The first-order valence-electron chi connectivity index (χ1n) is 6.23. The second-order valence-electron chi connectivity index (χ2n) is 3.64. The topological polar surface area (TPSA) is 38.3 Å². The second-order valence-corrected chi connectivity index (χ2v) is 4.79. The Morgan fingerprint density at radius 2 is 2.06 bits per heavy atom. The zero-order chi connectivity index (χ0) is 12.2. The molecule has 0 bridgehead atoms. The Balaban J connectivity index is 3.71. The molecule has 3 nitrogen and oxygen atoms in total. The van der Waals surface area contributed by atoms with Crippen LogP contribution in [0, 0.1) is 0 Å². The van der Waals surface area contributed by atoms with Gasteiger partial charge >= 0.3 is 5.97 Å². The van der Waals surface area contributed by atoms with Crippen molar-refractivity contribution in [1.82, 2.24) is 5.32 Å². The van der Waals surface area contributed by atoms with Gasteiger partial charge in [0.05, 0.1) is 6.61 Å². The van der Waals surface area contributed by atoms with Gasteiger partial charge in [-0.1, -0.05) is 26.7 Å². The first-order chi connectivity index (χ1) is 7.76. The SMILES string of the molecule is CCCCCSCC(NCC)C(=O)OCC. The molecule has 0 aromatic carbocycles. The Morgan fingerprint density at radius 3 is 2.62 bits per heavy atom. The summed E-state index contributed by atoms with van der Waals surface area (Å²) in [5.74, 6) is 1.83. The van der Waals surface area contributed by atoms with Gasteiger partial charge in [0, 0.05) is 5.75 Å². The third kappa shape index (κ3) is 7.99. The lowest BCUT2D eigenvalue weighted by atomic mass is 10.3. The fraction of sp³-hybridized carbons (Fsp3) is 0.917. The van der Waals surface area contributed by atoms with Crippen LogP contribution < -0.4 is 5.32 Å². The van der Waals surface area contributed by atoms with E-state index in [-0.39, 0.29) is 12.0 Å². The number of carbonyl (C=O) groups excluding carboxylic acids is 1. The van der Waals surface area contributed by atoms with E-state index >= 15 is 0 Å². The van der Waals surface area contributed by atoms with Crippen molar-refractivity contribution in [1.29, 1.82) is 0 Å². The normalized spacial score (nSPS) is 12.4. The van der Waals surface area contributed by atoms with Crippen molar-refractivity contribution >= 4 is 17.7 Å². The Bertz CT molecular complexity index is 176. The van der Waals surface area contributed by atoms with Crippen molar-refractivity contribution in [2.24, 2.45) is 0 Å². The molecule has 16 heavy (non-hydrogen) atoms. The molecule has 0 aliphatic rings. The molecule has 96 valence electrons. The standard InChI is InChI=1S/C12H25NO2S/c1-4-7-8-9-16-10-11(13-5-2)12(14)15-6-3/h11,13H,4-10H2,1-3H3. The van der Waals surface area contributed by atoms with Gasteiger partial charge in [0.25, 0.3) is 0 Å². The minimum Gasteiger partial charge on any atom is -0.465 e. The van der Waals surface area contributed by atoms with Crippen LogP contribution in [-0.2, 0) is 9.53 Å². The fourth-order valence-electron chi connectivity index (χ4n) is 1.35. The van der Waals surface area contributed by atoms with Gasteiger partial charge in [0.1, 0.15) is 6.04 Å². The summed E-state index contributed by atoms with van der Waals surface area (Å²) in [6, 6.07) is -0.142. The highest BCUT2D eigenvalue weighted by molar-refractivity contribution is 7.99. The Labute approximate surface area is 104 Å². The predicted octanol–water partition coefficient (Wildman–Crippen LogP) is 2.45. The Morgan fingerprint density at radius 1 is 1.31 bits per heavy atom. The molecule has 0 spiro atoms. The molecule has 0 saturated heterocycles. The second kappa shape index (κ2) is 11.3. The number of thioether (sulfide) groups is 1. The van der Waals surface area contributed by atoms with Gasteiger partial charge in [-0.15, -0.1) is 0 Å². The molecule has 0 aliphatic carbocycles. The lowest BCUT2D eigenvalue weighted by Crippen LogP contribution is -2.40. The van der Waals surface area contributed by atoms with E-state index in [1.165, 1.54) is 19.3 Å². The largest absolute Gasteiger partial charge is 0.465 e. The van der Waals surface area contributed by atoms with Crippen LogP contribution >= 0.6 is 11.8 Å². The number of likely N-dealkylation sites (N-methyl/N-ethyl adjacent to an activating group) is 1. The van der Waals surface area contributed by atoms with Crippen molar-refractivity contribution in [2.75, 3.05) is 24.7 Å². The summed E-state index contributed by atoms with van der Waals surface area (Å²) >= 11 is 1.83. The molecule has 0 saturated carbocycles.